The molecule has 0 aliphatic carbocycles. The van der Waals surface area contributed by atoms with Gasteiger partial charge in [-0.2, -0.15) is 0 Å². The predicted molar refractivity (Wildman–Crippen MR) is 95.9 cm³/mol. The second-order valence-corrected chi connectivity index (χ2v) is 8.94. The summed E-state index contributed by atoms with van der Waals surface area (Å²) in [7, 11) is -3.20. The Bertz CT molecular complexity index is 814. The molecule has 2 rings (SSSR count). The number of hydrogen-bond acceptors (Lipinski definition) is 3. The molecule has 0 atom stereocenters. The molecular weight excluding hydrogens is 322 g/mol. The van der Waals surface area contributed by atoms with Crippen molar-refractivity contribution in [3.63, 3.8) is 0 Å². The van der Waals surface area contributed by atoms with E-state index >= 15 is 0 Å². The smallest absolute Gasteiger partial charge is 0.251 e. The summed E-state index contributed by atoms with van der Waals surface area (Å²) in [4.78, 5) is 12.5. The zero-order valence-electron chi connectivity index (χ0n) is 14.5. The van der Waals surface area contributed by atoms with Gasteiger partial charge in [-0.15, -0.1) is 0 Å². The van der Waals surface area contributed by atoms with Crippen LogP contribution in [0.2, 0.25) is 0 Å². The fourth-order valence-corrected chi connectivity index (χ4v) is 2.89. The lowest BCUT2D eigenvalue weighted by Crippen LogP contribution is -2.23. The number of rotatable bonds is 4. The molecule has 0 saturated heterocycles. The van der Waals surface area contributed by atoms with Gasteiger partial charge in [0.25, 0.3) is 5.91 Å². The predicted octanol–water partition coefficient (Wildman–Crippen LogP) is 3.32. The highest BCUT2D eigenvalue weighted by Gasteiger charge is 2.14. The van der Waals surface area contributed by atoms with Crippen molar-refractivity contribution in [2.45, 2.75) is 37.6 Å². The number of carbonyl (C=O) groups is 1. The first kappa shape index (κ1) is 18.2. The maximum absolute atomic E-state index is 12.2. The Morgan fingerprint density at radius 2 is 1.50 bits per heavy atom. The second-order valence-electron chi connectivity index (χ2n) is 6.93. The topological polar surface area (TPSA) is 63.2 Å². The van der Waals surface area contributed by atoms with E-state index in [1.807, 2.05) is 24.3 Å². The van der Waals surface area contributed by atoms with E-state index in [1.165, 1.54) is 11.8 Å². The van der Waals surface area contributed by atoms with E-state index in [0.717, 1.165) is 5.56 Å². The van der Waals surface area contributed by atoms with E-state index in [4.69, 9.17) is 0 Å². The lowest BCUT2D eigenvalue weighted by molar-refractivity contribution is 0.0951. The molecule has 1 amide bonds. The zero-order chi connectivity index (χ0) is 18.0. The van der Waals surface area contributed by atoms with Crippen LogP contribution in [-0.4, -0.2) is 20.6 Å². The zero-order valence-corrected chi connectivity index (χ0v) is 15.3. The fourth-order valence-electron chi connectivity index (χ4n) is 2.26. The minimum Gasteiger partial charge on any atom is -0.348 e. The Morgan fingerprint density at radius 3 is 1.96 bits per heavy atom. The molecule has 4 nitrogen and oxygen atoms in total. The van der Waals surface area contributed by atoms with Crippen LogP contribution in [0.25, 0.3) is 0 Å². The molecule has 0 aliphatic rings. The molecule has 5 heteroatoms. The highest BCUT2D eigenvalue weighted by atomic mass is 32.2. The molecular formula is C19H23NO3S. The van der Waals surface area contributed by atoms with Crippen LogP contribution >= 0.6 is 0 Å². The van der Waals surface area contributed by atoms with Gasteiger partial charge in [-0.3, -0.25) is 4.79 Å². The average molecular weight is 345 g/mol. The van der Waals surface area contributed by atoms with Crippen molar-refractivity contribution in [3.05, 3.63) is 65.2 Å². The largest absolute Gasteiger partial charge is 0.348 e. The van der Waals surface area contributed by atoms with Gasteiger partial charge in [-0.05, 0) is 40.8 Å². The summed E-state index contributed by atoms with van der Waals surface area (Å²) in [6, 6.07) is 14.1. The Labute approximate surface area is 143 Å². The summed E-state index contributed by atoms with van der Waals surface area (Å²) in [6.45, 7) is 6.73. The van der Waals surface area contributed by atoms with E-state index in [-0.39, 0.29) is 16.2 Å². The number of carbonyl (C=O) groups excluding carboxylic acids is 1. The molecule has 0 spiro atoms. The van der Waals surface area contributed by atoms with Gasteiger partial charge >= 0.3 is 0 Å². The van der Waals surface area contributed by atoms with Crippen LogP contribution in [0.1, 0.15) is 42.3 Å². The number of amides is 1. The molecule has 0 bridgehead atoms. The van der Waals surface area contributed by atoms with E-state index in [2.05, 4.69) is 26.1 Å². The summed E-state index contributed by atoms with van der Waals surface area (Å²) < 4.78 is 22.8. The summed E-state index contributed by atoms with van der Waals surface area (Å²) >= 11 is 0. The Morgan fingerprint density at radius 1 is 0.958 bits per heavy atom. The van der Waals surface area contributed by atoms with Crippen LogP contribution in [0.4, 0.5) is 0 Å². The quantitative estimate of drug-likeness (QED) is 0.924. The number of nitrogens with one attached hydrogen (secondary N) is 1. The van der Waals surface area contributed by atoms with Crippen molar-refractivity contribution in [3.8, 4) is 0 Å². The van der Waals surface area contributed by atoms with Crippen molar-refractivity contribution in [1.29, 1.82) is 0 Å². The van der Waals surface area contributed by atoms with Crippen molar-refractivity contribution in [1.82, 2.24) is 5.32 Å². The molecule has 1 N–H and O–H groups in total. The number of benzene rings is 2. The van der Waals surface area contributed by atoms with Gasteiger partial charge in [0, 0.05) is 18.4 Å². The lowest BCUT2D eigenvalue weighted by Gasteiger charge is -2.19. The first-order chi connectivity index (χ1) is 11.1. The third-order valence-electron chi connectivity index (χ3n) is 3.82. The average Bonchev–Trinajstić information content (AvgIpc) is 2.51. The maximum Gasteiger partial charge on any atom is 0.251 e. The minimum absolute atomic E-state index is 0.0520. The van der Waals surface area contributed by atoms with Gasteiger partial charge in [0.15, 0.2) is 9.84 Å². The molecule has 0 aliphatic heterocycles. The fraction of sp³-hybridized carbons (Fsp3) is 0.316. The number of sulfone groups is 1. The maximum atomic E-state index is 12.2. The molecule has 0 fully saturated rings. The van der Waals surface area contributed by atoms with Gasteiger partial charge in [0.05, 0.1) is 4.90 Å². The van der Waals surface area contributed by atoms with E-state index in [9.17, 15) is 13.2 Å². The molecule has 0 heterocycles. The van der Waals surface area contributed by atoms with Gasteiger partial charge < -0.3 is 5.32 Å². The lowest BCUT2D eigenvalue weighted by atomic mass is 9.87. The van der Waals surface area contributed by atoms with Crippen molar-refractivity contribution in [2.75, 3.05) is 6.26 Å². The van der Waals surface area contributed by atoms with E-state index in [1.54, 1.807) is 24.3 Å². The summed E-state index contributed by atoms with van der Waals surface area (Å²) in [6.07, 6.45) is 1.17. The first-order valence-corrected chi connectivity index (χ1v) is 9.64. The Balaban J connectivity index is 2.00. The molecule has 0 saturated carbocycles. The van der Waals surface area contributed by atoms with Crippen LogP contribution in [0, 0.1) is 0 Å². The van der Waals surface area contributed by atoms with Crippen LogP contribution in [-0.2, 0) is 21.8 Å². The van der Waals surface area contributed by atoms with Crippen LogP contribution in [0.15, 0.2) is 53.4 Å². The first-order valence-electron chi connectivity index (χ1n) is 7.75. The second kappa shape index (κ2) is 6.77. The molecule has 2 aromatic rings. The monoisotopic (exact) mass is 345 g/mol. The van der Waals surface area contributed by atoms with E-state index < -0.39 is 9.84 Å². The third-order valence-corrected chi connectivity index (χ3v) is 4.95. The van der Waals surface area contributed by atoms with Gasteiger partial charge in [-0.1, -0.05) is 45.0 Å². The SMILES string of the molecule is CC(C)(C)c1ccc(C(=O)NCc2ccc(S(C)(=O)=O)cc2)cc1. The van der Waals surface area contributed by atoms with Crippen molar-refractivity contribution >= 4 is 15.7 Å². The molecule has 0 radical (unpaired) electrons. The van der Waals surface area contributed by atoms with Gasteiger partial charge in [-0.25, -0.2) is 8.42 Å². The summed E-state index contributed by atoms with van der Waals surface area (Å²) in [5, 5.41) is 2.84. The van der Waals surface area contributed by atoms with Crippen LogP contribution in [0.3, 0.4) is 0 Å². The standard InChI is InChI=1S/C19H23NO3S/c1-19(2,3)16-9-7-15(8-10-16)18(21)20-13-14-5-11-17(12-6-14)24(4,22)23/h5-12H,13H2,1-4H3,(H,20,21). The molecule has 0 unspecified atom stereocenters. The molecule has 128 valence electrons. The summed E-state index contributed by atoms with van der Waals surface area (Å²) in [5.74, 6) is -0.150. The number of hydrogen-bond donors (Lipinski definition) is 1. The normalized spacial score (nSPS) is 12.0. The highest BCUT2D eigenvalue weighted by Crippen LogP contribution is 2.22. The Hall–Kier alpha value is -2.14. The van der Waals surface area contributed by atoms with Crippen molar-refractivity contribution in [2.24, 2.45) is 0 Å². The van der Waals surface area contributed by atoms with E-state index in [0.29, 0.717) is 12.1 Å². The Kier molecular flexibility index (Phi) is 5.13. The van der Waals surface area contributed by atoms with Gasteiger partial charge in [0.2, 0.25) is 0 Å². The van der Waals surface area contributed by atoms with Crippen LogP contribution in [0.5, 0.6) is 0 Å². The van der Waals surface area contributed by atoms with Gasteiger partial charge in [0.1, 0.15) is 0 Å². The van der Waals surface area contributed by atoms with Crippen molar-refractivity contribution < 1.29 is 13.2 Å². The summed E-state index contributed by atoms with van der Waals surface area (Å²) in [5.41, 5.74) is 2.68. The minimum atomic E-state index is -3.20. The molecule has 0 aromatic heterocycles. The van der Waals surface area contributed by atoms with Crippen LogP contribution < -0.4 is 5.32 Å². The highest BCUT2D eigenvalue weighted by molar-refractivity contribution is 7.90. The third kappa shape index (κ3) is 4.68. The molecule has 2 aromatic carbocycles. The molecule has 24 heavy (non-hydrogen) atoms.